The van der Waals surface area contributed by atoms with E-state index in [1.807, 2.05) is 11.7 Å². The van der Waals surface area contributed by atoms with Crippen molar-refractivity contribution in [1.82, 2.24) is 15.2 Å². The summed E-state index contributed by atoms with van der Waals surface area (Å²) in [5.74, 6) is 5.39. The van der Waals surface area contributed by atoms with Crippen LogP contribution in [0.5, 0.6) is 0 Å². The van der Waals surface area contributed by atoms with Gasteiger partial charge in [-0.25, -0.2) is 4.39 Å². The molecule has 3 N–H and O–H groups in total. The van der Waals surface area contributed by atoms with Gasteiger partial charge in [-0.1, -0.05) is 13.0 Å². The zero-order chi connectivity index (χ0) is 15.6. The quantitative estimate of drug-likeness (QED) is 0.576. The summed E-state index contributed by atoms with van der Waals surface area (Å²) in [7, 11) is 1.91. The van der Waals surface area contributed by atoms with Crippen LogP contribution in [-0.4, -0.2) is 9.78 Å². The van der Waals surface area contributed by atoms with Crippen molar-refractivity contribution in [2.75, 3.05) is 0 Å². The third-order valence-electron chi connectivity index (χ3n) is 3.45. The third kappa shape index (κ3) is 3.53. The molecule has 0 aliphatic carbocycles. The lowest BCUT2D eigenvalue weighted by Gasteiger charge is -2.17. The molecule has 1 heterocycles. The largest absolute Gasteiger partial charge is 0.271 e. The van der Waals surface area contributed by atoms with E-state index in [0.717, 1.165) is 27.8 Å². The molecule has 0 aliphatic rings. The molecule has 0 saturated heterocycles. The molecule has 21 heavy (non-hydrogen) atoms. The lowest BCUT2D eigenvalue weighted by atomic mass is 10.0. The fourth-order valence-corrected chi connectivity index (χ4v) is 3.41. The Kier molecular flexibility index (Phi) is 5.54. The van der Waals surface area contributed by atoms with Crippen LogP contribution in [0.1, 0.15) is 29.9 Å². The van der Waals surface area contributed by atoms with Gasteiger partial charge in [0.1, 0.15) is 5.82 Å². The zero-order valence-corrected chi connectivity index (χ0v) is 15.0. The molecule has 2 aromatic rings. The number of hydrogen-bond acceptors (Lipinski definition) is 3. The minimum atomic E-state index is -0.287. The maximum absolute atomic E-state index is 13.4. The minimum absolute atomic E-state index is 0.127. The standard InChI is InChI=1S/C14H17Br2FN4/c1-3-11-14(16)13(21(2)20-11)7-12(19-18)8-4-5-10(17)9(15)6-8/h4-6,12,19H,3,7,18H2,1-2H3. The van der Waals surface area contributed by atoms with Crippen LogP contribution in [0.4, 0.5) is 4.39 Å². The van der Waals surface area contributed by atoms with Crippen LogP contribution >= 0.6 is 31.9 Å². The summed E-state index contributed by atoms with van der Waals surface area (Å²) in [6.07, 6.45) is 1.51. The van der Waals surface area contributed by atoms with E-state index in [1.54, 1.807) is 12.1 Å². The van der Waals surface area contributed by atoms with Gasteiger partial charge in [0.05, 0.1) is 26.4 Å². The van der Waals surface area contributed by atoms with Gasteiger partial charge in [0.2, 0.25) is 0 Å². The van der Waals surface area contributed by atoms with E-state index >= 15 is 0 Å². The van der Waals surface area contributed by atoms with Crippen molar-refractivity contribution in [3.63, 3.8) is 0 Å². The Morgan fingerprint density at radius 2 is 2.14 bits per heavy atom. The van der Waals surface area contributed by atoms with Crippen LogP contribution in [0.2, 0.25) is 0 Å². The maximum Gasteiger partial charge on any atom is 0.137 e. The average Bonchev–Trinajstić information content (AvgIpc) is 2.74. The van der Waals surface area contributed by atoms with Gasteiger partial charge in [-0.3, -0.25) is 16.0 Å². The number of rotatable bonds is 5. The number of hydrazine groups is 1. The molecule has 2 rings (SSSR count). The highest BCUT2D eigenvalue weighted by Crippen LogP contribution is 2.28. The molecule has 1 atom stereocenters. The van der Waals surface area contributed by atoms with Gasteiger partial charge in [-0.15, -0.1) is 0 Å². The lowest BCUT2D eigenvalue weighted by Crippen LogP contribution is -2.30. The molecule has 0 amide bonds. The van der Waals surface area contributed by atoms with E-state index in [1.165, 1.54) is 6.07 Å². The molecule has 0 bridgehead atoms. The molecular weight excluding hydrogens is 403 g/mol. The average molecular weight is 420 g/mol. The minimum Gasteiger partial charge on any atom is -0.271 e. The van der Waals surface area contributed by atoms with E-state index in [0.29, 0.717) is 10.9 Å². The lowest BCUT2D eigenvalue weighted by molar-refractivity contribution is 0.526. The van der Waals surface area contributed by atoms with Crippen LogP contribution in [0.15, 0.2) is 27.1 Å². The van der Waals surface area contributed by atoms with Crippen LogP contribution in [-0.2, 0) is 19.9 Å². The van der Waals surface area contributed by atoms with Gasteiger partial charge >= 0.3 is 0 Å². The predicted molar refractivity (Wildman–Crippen MR) is 88.2 cm³/mol. The van der Waals surface area contributed by atoms with Gasteiger partial charge in [-0.05, 0) is 56.0 Å². The number of nitrogens with two attached hydrogens (primary N) is 1. The van der Waals surface area contributed by atoms with Crippen molar-refractivity contribution in [3.8, 4) is 0 Å². The molecular formula is C14H17Br2FN4. The summed E-state index contributed by atoms with van der Waals surface area (Å²) in [6.45, 7) is 2.06. The van der Waals surface area contributed by atoms with Crippen molar-refractivity contribution in [2.45, 2.75) is 25.8 Å². The van der Waals surface area contributed by atoms with Crippen molar-refractivity contribution >= 4 is 31.9 Å². The summed E-state index contributed by atoms with van der Waals surface area (Å²) in [5, 5.41) is 4.47. The Hall–Kier alpha value is -0.760. The molecule has 0 spiro atoms. The van der Waals surface area contributed by atoms with Crippen molar-refractivity contribution in [3.05, 3.63) is 49.9 Å². The van der Waals surface area contributed by atoms with E-state index in [2.05, 4.69) is 49.3 Å². The Labute approximate surface area is 140 Å². The fourth-order valence-electron chi connectivity index (χ4n) is 2.24. The first-order chi connectivity index (χ1) is 9.97. The van der Waals surface area contributed by atoms with E-state index in [4.69, 9.17) is 5.84 Å². The van der Waals surface area contributed by atoms with Crippen molar-refractivity contribution in [1.29, 1.82) is 0 Å². The van der Waals surface area contributed by atoms with E-state index in [-0.39, 0.29) is 11.9 Å². The molecule has 0 aliphatic heterocycles. The summed E-state index contributed by atoms with van der Waals surface area (Å²) in [4.78, 5) is 0. The second kappa shape index (κ2) is 7.00. The third-order valence-corrected chi connectivity index (χ3v) is 4.97. The SMILES string of the molecule is CCc1nn(C)c(CC(NN)c2ccc(F)c(Br)c2)c1Br. The number of aryl methyl sites for hydroxylation is 2. The molecule has 1 aromatic carbocycles. The van der Waals surface area contributed by atoms with Gasteiger partial charge in [0.25, 0.3) is 0 Å². The highest BCUT2D eigenvalue weighted by atomic mass is 79.9. The highest BCUT2D eigenvalue weighted by Gasteiger charge is 2.19. The van der Waals surface area contributed by atoms with Gasteiger partial charge in [0, 0.05) is 13.5 Å². The molecule has 0 saturated carbocycles. The highest BCUT2D eigenvalue weighted by molar-refractivity contribution is 9.10. The van der Waals surface area contributed by atoms with Gasteiger partial charge < -0.3 is 0 Å². The first-order valence-electron chi connectivity index (χ1n) is 6.59. The molecule has 1 unspecified atom stereocenters. The van der Waals surface area contributed by atoms with Crippen molar-refractivity contribution in [2.24, 2.45) is 12.9 Å². The maximum atomic E-state index is 13.4. The number of hydrogen-bond donors (Lipinski definition) is 2. The number of nitrogens with zero attached hydrogens (tertiary/aromatic N) is 2. The number of nitrogens with one attached hydrogen (secondary N) is 1. The Bertz CT molecular complexity index is 642. The molecule has 0 fully saturated rings. The van der Waals surface area contributed by atoms with Crippen LogP contribution in [0, 0.1) is 5.82 Å². The molecule has 4 nitrogen and oxygen atoms in total. The molecule has 7 heteroatoms. The Balaban J connectivity index is 2.31. The van der Waals surface area contributed by atoms with Crippen LogP contribution in [0.25, 0.3) is 0 Å². The fraction of sp³-hybridized carbons (Fsp3) is 0.357. The van der Waals surface area contributed by atoms with Gasteiger partial charge in [0.15, 0.2) is 0 Å². The second-order valence-corrected chi connectivity index (χ2v) is 6.43. The first kappa shape index (κ1) is 16.6. The summed E-state index contributed by atoms with van der Waals surface area (Å²) < 4.78 is 16.6. The Morgan fingerprint density at radius 1 is 1.43 bits per heavy atom. The Morgan fingerprint density at radius 3 is 2.67 bits per heavy atom. The molecule has 114 valence electrons. The summed E-state index contributed by atoms with van der Waals surface area (Å²) >= 11 is 6.80. The zero-order valence-electron chi connectivity index (χ0n) is 11.8. The first-order valence-corrected chi connectivity index (χ1v) is 8.17. The number of benzene rings is 1. The monoisotopic (exact) mass is 418 g/mol. The predicted octanol–water partition coefficient (Wildman–Crippen LogP) is 3.39. The topological polar surface area (TPSA) is 55.9 Å². The van der Waals surface area contributed by atoms with Gasteiger partial charge in [-0.2, -0.15) is 5.10 Å². The number of aromatic nitrogens is 2. The van der Waals surface area contributed by atoms with E-state index in [9.17, 15) is 4.39 Å². The smallest absolute Gasteiger partial charge is 0.137 e. The number of halogens is 3. The van der Waals surface area contributed by atoms with E-state index < -0.39 is 0 Å². The normalized spacial score (nSPS) is 12.7. The molecule has 1 aromatic heterocycles. The summed E-state index contributed by atoms with van der Waals surface area (Å²) in [6, 6.07) is 4.78. The second-order valence-electron chi connectivity index (χ2n) is 4.78. The van der Waals surface area contributed by atoms with Crippen LogP contribution in [0.3, 0.4) is 0 Å². The molecule has 0 radical (unpaired) electrons. The van der Waals surface area contributed by atoms with Crippen LogP contribution < -0.4 is 11.3 Å². The summed E-state index contributed by atoms with van der Waals surface area (Å²) in [5.41, 5.74) is 5.77. The van der Waals surface area contributed by atoms with Crippen molar-refractivity contribution < 1.29 is 4.39 Å².